The average molecular weight is 443 g/mol. The first kappa shape index (κ1) is 21.0. The lowest BCUT2D eigenvalue weighted by molar-refractivity contribution is 0.122. The van der Waals surface area contributed by atoms with Gasteiger partial charge in [0.1, 0.15) is 0 Å². The third kappa shape index (κ3) is 4.03. The molecule has 1 saturated heterocycles. The molecule has 1 fully saturated rings. The second kappa shape index (κ2) is 8.96. The maximum Gasteiger partial charge on any atom is 0.161 e. The smallest absolute Gasteiger partial charge is 0.161 e. The summed E-state index contributed by atoms with van der Waals surface area (Å²) < 4.78 is 16.4. The van der Waals surface area contributed by atoms with Crippen LogP contribution >= 0.6 is 0 Å². The topological polar surface area (TPSA) is 82.7 Å². The number of aromatic nitrogens is 2. The molecule has 1 aliphatic rings. The van der Waals surface area contributed by atoms with Gasteiger partial charge in [-0.05, 0) is 42.5 Å². The number of nitrogens with zero attached hydrogens (tertiary/aromatic N) is 3. The minimum atomic E-state index is 0.598. The van der Waals surface area contributed by atoms with E-state index in [0.29, 0.717) is 23.0 Å². The molecular formula is C26H26N4O3. The van der Waals surface area contributed by atoms with Crippen molar-refractivity contribution in [3.63, 3.8) is 0 Å². The number of benzene rings is 3. The van der Waals surface area contributed by atoms with Crippen molar-refractivity contribution in [1.29, 1.82) is 0 Å². The molecule has 168 valence electrons. The number of nitrogen functional groups attached to an aromatic ring is 1. The lowest BCUT2D eigenvalue weighted by Gasteiger charge is -2.29. The number of hydrogen-bond donors (Lipinski definition) is 1. The van der Waals surface area contributed by atoms with E-state index in [9.17, 15) is 0 Å². The van der Waals surface area contributed by atoms with Crippen molar-refractivity contribution < 1.29 is 14.2 Å². The number of nitrogens with two attached hydrogens (primary N) is 1. The summed E-state index contributed by atoms with van der Waals surface area (Å²) in [5.74, 6) is 1.88. The molecule has 33 heavy (non-hydrogen) atoms. The summed E-state index contributed by atoms with van der Waals surface area (Å²) in [5.41, 5.74) is 11.6. The first-order chi connectivity index (χ1) is 16.2. The van der Waals surface area contributed by atoms with Gasteiger partial charge in [0, 0.05) is 41.0 Å². The lowest BCUT2D eigenvalue weighted by Crippen LogP contribution is -2.36. The van der Waals surface area contributed by atoms with Crippen LogP contribution in [0, 0.1) is 0 Å². The maximum absolute atomic E-state index is 6.47. The second-order valence-corrected chi connectivity index (χ2v) is 7.85. The fourth-order valence-corrected chi connectivity index (χ4v) is 4.15. The molecule has 3 aromatic carbocycles. The van der Waals surface area contributed by atoms with Crippen LogP contribution in [0.4, 0.5) is 11.4 Å². The summed E-state index contributed by atoms with van der Waals surface area (Å²) in [6, 6.07) is 19.8. The van der Waals surface area contributed by atoms with Gasteiger partial charge >= 0.3 is 0 Å². The number of hydrogen-bond acceptors (Lipinski definition) is 7. The number of anilines is 2. The molecule has 0 atom stereocenters. The number of methoxy groups -OCH3 is 2. The molecule has 0 aliphatic carbocycles. The van der Waals surface area contributed by atoms with Gasteiger partial charge in [0.05, 0.1) is 38.6 Å². The van der Waals surface area contributed by atoms with Crippen LogP contribution in [0.25, 0.3) is 33.5 Å². The summed E-state index contributed by atoms with van der Waals surface area (Å²) in [6.45, 7) is 3.15. The fraction of sp³-hybridized carbons (Fsp3) is 0.231. The van der Waals surface area contributed by atoms with Gasteiger partial charge in [-0.25, -0.2) is 9.97 Å². The van der Waals surface area contributed by atoms with Crippen LogP contribution in [-0.4, -0.2) is 50.5 Å². The van der Waals surface area contributed by atoms with Gasteiger partial charge in [-0.1, -0.05) is 18.2 Å². The third-order valence-electron chi connectivity index (χ3n) is 5.91. The number of fused-ring (bicyclic) bond motifs is 1. The van der Waals surface area contributed by atoms with E-state index < -0.39 is 0 Å². The Kier molecular flexibility index (Phi) is 5.71. The number of rotatable bonds is 5. The van der Waals surface area contributed by atoms with Gasteiger partial charge in [0.2, 0.25) is 0 Å². The molecule has 7 heteroatoms. The minimum Gasteiger partial charge on any atom is -0.493 e. The Balaban J connectivity index is 1.68. The van der Waals surface area contributed by atoms with E-state index in [4.69, 9.17) is 29.9 Å². The molecule has 0 amide bonds. The Hall–Kier alpha value is -3.84. The van der Waals surface area contributed by atoms with Gasteiger partial charge in [-0.3, -0.25) is 0 Å². The highest BCUT2D eigenvalue weighted by Crippen LogP contribution is 2.36. The van der Waals surface area contributed by atoms with Crippen molar-refractivity contribution in [3.8, 4) is 34.1 Å². The molecule has 7 nitrogen and oxygen atoms in total. The van der Waals surface area contributed by atoms with Gasteiger partial charge in [-0.15, -0.1) is 0 Å². The Bertz CT molecular complexity index is 1300. The van der Waals surface area contributed by atoms with Crippen LogP contribution in [0.1, 0.15) is 0 Å². The van der Waals surface area contributed by atoms with E-state index in [0.717, 1.165) is 59.7 Å². The first-order valence-electron chi connectivity index (χ1n) is 10.9. The van der Waals surface area contributed by atoms with Crippen LogP contribution in [0.2, 0.25) is 0 Å². The molecule has 2 N–H and O–H groups in total. The Labute approximate surface area is 192 Å². The Morgan fingerprint density at radius 1 is 0.879 bits per heavy atom. The van der Waals surface area contributed by atoms with Crippen molar-refractivity contribution in [2.24, 2.45) is 0 Å². The summed E-state index contributed by atoms with van der Waals surface area (Å²) in [7, 11) is 3.23. The molecule has 0 radical (unpaired) electrons. The monoisotopic (exact) mass is 442 g/mol. The predicted molar refractivity (Wildman–Crippen MR) is 131 cm³/mol. The highest BCUT2D eigenvalue weighted by atomic mass is 16.5. The molecule has 0 unspecified atom stereocenters. The fourth-order valence-electron chi connectivity index (χ4n) is 4.15. The SMILES string of the molecule is COc1ccc(-c2nc(-c3cc(N4CCOCC4)ccc3N)c3ccccc3n2)cc1OC. The quantitative estimate of drug-likeness (QED) is 0.459. The van der Waals surface area contributed by atoms with Crippen LogP contribution in [0.5, 0.6) is 11.5 Å². The summed E-state index contributed by atoms with van der Waals surface area (Å²) in [4.78, 5) is 12.1. The molecule has 2 heterocycles. The van der Waals surface area contributed by atoms with Crippen molar-refractivity contribution in [2.75, 3.05) is 51.2 Å². The molecule has 1 aliphatic heterocycles. The summed E-state index contributed by atoms with van der Waals surface area (Å²) in [5, 5.41) is 0.951. The highest BCUT2D eigenvalue weighted by molar-refractivity contribution is 5.97. The zero-order valence-electron chi connectivity index (χ0n) is 18.7. The van der Waals surface area contributed by atoms with Gasteiger partial charge in [0.25, 0.3) is 0 Å². The molecular weight excluding hydrogens is 416 g/mol. The van der Waals surface area contributed by atoms with Crippen LogP contribution in [0.3, 0.4) is 0 Å². The number of morpholine rings is 1. The molecule has 4 aromatic rings. The van der Waals surface area contributed by atoms with E-state index >= 15 is 0 Å². The van der Waals surface area contributed by atoms with Gasteiger partial charge in [-0.2, -0.15) is 0 Å². The molecule has 5 rings (SSSR count). The van der Waals surface area contributed by atoms with Crippen molar-refractivity contribution in [3.05, 3.63) is 60.7 Å². The predicted octanol–water partition coefficient (Wildman–Crippen LogP) is 4.40. The van der Waals surface area contributed by atoms with E-state index in [1.165, 1.54) is 0 Å². The van der Waals surface area contributed by atoms with Crippen LogP contribution < -0.4 is 20.1 Å². The van der Waals surface area contributed by atoms with E-state index in [1.54, 1.807) is 14.2 Å². The third-order valence-corrected chi connectivity index (χ3v) is 5.91. The summed E-state index contributed by atoms with van der Waals surface area (Å²) in [6.07, 6.45) is 0. The van der Waals surface area contributed by atoms with Crippen LogP contribution in [-0.2, 0) is 4.74 Å². The van der Waals surface area contributed by atoms with Crippen molar-refractivity contribution in [2.45, 2.75) is 0 Å². The zero-order valence-corrected chi connectivity index (χ0v) is 18.7. The van der Waals surface area contributed by atoms with Gasteiger partial charge in [0.15, 0.2) is 17.3 Å². The standard InChI is InChI=1S/C26H26N4O3/c1-31-23-10-7-17(15-24(23)32-2)26-28-22-6-4-3-5-19(22)25(29-26)20-16-18(8-9-21(20)27)30-11-13-33-14-12-30/h3-10,15-16H,11-14,27H2,1-2H3. The number of ether oxygens (including phenoxy) is 3. The molecule has 0 saturated carbocycles. The van der Waals surface area contributed by atoms with E-state index in [-0.39, 0.29) is 0 Å². The molecule has 1 aromatic heterocycles. The largest absolute Gasteiger partial charge is 0.493 e. The second-order valence-electron chi connectivity index (χ2n) is 7.85. The minimum absolute atomic E-state index is 0.598. The molecule has 0 spiro atoms. The highest BCUT2D eigenvalue weighted by Gasteiger charge is 2.18. The van der Waals surface area contributed by atoms with E-state index in [1.807, 2.05) is 48.5 Å². The Morgan fingerprint density at radius 3 is 2.45 bits per heavy atom. The Morgan fingerprint density at radius 2 is 1.67 bits per heavy atom. The normalized spacial score (nSPS) is 13.8. The van der Waals surface area contributed by atoms with Crippen molar-refractivity contribution >= 4 is 22.3 Å². The van der Waals surface area contributed by atoms with Crippen LogP contribution in [0.15, 0.2) is 60.7 Å². The van der Waals surface area contributed by atoms with Crippen molar-refractivity contribution in [1.82, 2.24) is 9.97 Å². The van der Waals surface area contributed by atoms with Gasteiger partial charge < -0.3 is 24.8 Å². The maximum atomic E-state index is 6.47. The average Bonchev–Trinajstić information content (AvgIpc) is 2.88. The zero-order chi connectivity index (χ0) is 22.8. The summed E-state index contributed by atoms with van der Waals surface area (Å²) >= 11 is 0. The molecule has 0 bridgehead atoms. The first-order valence-corrected chi connectivity index (χ1v) is 10.9. The van der Waals surface area contributed by atoms with E-state index in [2.05, 4.69) is 17.0 Å². The number of para-hydroxylation sites is 1. The lowest BCUT2D eigenvalue weighted by atomic mass is 10.0.